The van der Waals surface area contributed by atoms with Crippen LogP contribution in [0.25, 0.3) is 11.1 Å². The number of rotatable bonds is 3. The molecule has 21 heavy (non-hydrogen) atoms. The predicted molar refractivity (Wildman–Crippen MR) is 85.4 cm³/mol. The summed E-state index contributed by atoms with van der Waals surface area (Å²) in [4.78, 5) is 0. The number of aromatic amines is 1. The summed E-state index contributed by atoms with van der Waals surface area (Å²) < 4.78 is 5.49. The lowest BCUT2D eigenvalue weighted by atomic mass is 9.80. The molecule has 3 N–H and O–H groups in total. The van der Waals surface area contributed by atoms with E-state index >= 15 is 0 Å². The summed E-state index contributed by atoms with van der Waals surface area (Å²) in [6, 6.07) is 8.00. The van der Waals surface area contributed by atoms with Crippen molar-refractivity contribution in [2.24, 2.45) is 5.92 Å². The highest BCUT2D eigenvalue weighted by molar-refractivity contribution is 5.81. The first-order chi connectivity index (χ1) is 10.2. The Balaban J connectivity index is 2.01. The van der Waals surface area contributed by atoms with E-state index in [-0.39, 0.29) is 0 Å². The number of aromatic nitrogens is 2. The van der Waals surface area contributed by atoms with Gasteiger partial charge in [0.1, 0.15) is 5.75 Å². The van der Waals surface area contributed by atoms with Crippen LogP contribution in [-0.4, -0.2) is 17.3 Å². The number of nitrogen functional groups attached to an aromatic ring is 1. The summed E-state index contributed by atoms with van der Waals surface area (Å²) in [5.41, 5.74) is 9.35. The fourth-order valence-electron chi connectivity index (χ4n) is 3.35. The highest BCUT2D eigenvalue weighted by atomic mass is 16.5. The summed E-state index contributed by atoms with van der Waals surface area (Å²) in [5, 5.41) is 7.44. The number of nitrogens with two attached hydrogens (primary N) is 1. The van der Waals surface area contributed by atoms with Crippen LogP contribution < -0.4 is 10.5 Å². The molecule has 0 radical (unpaired) electrons. The molecule has 0 unspecified atom stereocenters. The Hall–Kier alpha value is -1.97. The van der Waals surface area contributed by atoms with Crippen molar-refractivity contribution in [1.29, 1.82) is 0 Å². The number of ether oxygens (including phenoxy) is 1. The molecule has 2 aromatic rings. The Morgan fingerprint density at radius 2 is 1.90 bits per heavy atom. The summed E-state index contributed by atoms with van der Waals surface area (Å²) in [5.74, 6) is 2.76. The Labute approximate surface area is 125 Å². The van der Waals surface area contributed by atoms with E-state index in [2.05, 4.69) is 23.2 Å². The van der Waals surface area contributed by atoms with Gasteiger partial charge in [0.2, 0.25) is 0 Å². The van der Waals surface area contributed by atoms with Crippen LogP contribution in [-0.2, 0) is 0 Å². The number of H-pyrrole nitrogens is 1. The molecule has 1 heterocycles. The van der Waals surface area contributed by atoms with Crippen molar-refractivity contribution in [3.05, 3.63) is 30.0 Å². The lowest BCUT2D eigenvalue weighted by Gasteiger charge is -2.26. The van der Waals surface area contributed by atoms with E-state index < -0.39 is 0 Å². The summed E-state index contributed by atoms with van der Waals surface area (Å²) in [6.07, 6.45) is 4.94. The van der Waals surface area contributed by atoms with Gasteiger partial charge >= 0.3 is 0 Å². The number of methoxy groups -OCH3 is 1. The zero-order valence-corrected chi connectivity index (χ0v) is 12.7. The molecule has 0 atom stereocenters. The molecule has 0 saturated heterocycles. The van der Waals surface area contributed by atoms with E-state index in [0.717, 1.165) is 22.8 Å². The molecule has 1 aromatic heterocycles. The zero-order chi connectivity index (χ0) is 14.8. The molecule has 0 amide bonds. The first-order valence-electron chi connectivity index (χ1n) is 7.67. The molecule has 1 fully saturated rings. The van der Waals surface area contributed by atoms with Gasteiger partial charge in [-0.2, -0.15) is 5.10 Å². The van der Waals surface area contributed by atoms with Gasteiger partial charge in [0.25, 0.3) is 0 Å². The lowest BCUT2D eigenvalue weighted by molar-refractivity contribution is 0.344. The molecule has 112 valence electrons. The molecule has 1 saturated carbocycles. The number of nitrogens with zero attached hydrogens (tertiary/aromatic N) is 1. The SMILES string of the molecule is COc1ccccc1-c1c(N)n[nH]c1C1CCC(C)CC1. The maximum absolute atomic E-state index is 6.13. The molecule has 3 rings (SSSR count). The van der Waals surface area contributed by atoms with Gasteiger partial charge in [-0.15, -0.1) is 0 Å². The second kappa shape index (κ2) is 5.80. The van der Waals surface area contributed by atoms with Gasteiger partial charge in [-0.1, -0.05) is 38.0 Å². The number of anilines is 1. The molecular weight excluding hydrogens is 262 g/mol. The van der Waals surface area contributed by atoms with Gasteiger partial charge in [0, 0.05) is 17.2 Å². The topological polar surface area (TPSA) is 63.9 Å². The highest BCUT2D eigenvalue weighted by Crippen LogP contribution is 2.43. The van der Waals surface area contributed by atoms with E-state index in [1.54, 1.807) is 7.11 Å². The van der Waals surface area contributed by atoms with Crippen molar-refractivity contribution in [1.82, 2.24) is 10.2 Å². The average molecular weight is 285 g/mol. The van der Waals surface area contributed by atoms with Gasteiger partial charge in [0.15, 0.2) is 5.82 Å². The first-order valence-corrected chi connectivity index (χ1v) is 7.67. The Bertz CT molecular complexity index is 612. The maximum atomic E-state index is 6.13. The van der Waals surface area contributed by atoms with Crippen LogP contribution >= 0.6 is 0 Å². The number of hydrogen-bond donors (Lipinski definition) is 2. The van der Waals surface area contributed by atoms with Crippen molar-refractivity contribution in [2.45, 2.75) is 38.5 Å². The molecular formula is C17H23N3O. The largest absolute Gasteiger partial charge is 0.496 e. The quantitative estimate of drug-likeness (QED) is 0.897. The molecule has 1 aliphatic carbocycles. The van der Waals surface area contributed by atoms with Crippen LogP contribution in [0.1, 0.15) is 44.2 Å². The van der Waals surface area contributed by atoms with Gasteiger partial charge in [-0.3, -0.25) is 5.10 Å². The average Bonchev–Trinajstić information content (AvgIpc) is 2.89. The molecule has 4 nitrogen and oxygen atoms in total. The van der Waals surface area contributed by atoms with Crippen LogP contribution in [0.15, 0.2) is 24.3 Å². The van der Waals surface area contributed by atoms with Gasteiger partial charge in [-0.05, 0) is 24.8 Å². The molecule has 0 aliphatic heterocycles. The fraction of sp³-hybridized carbons (Fsp3) is 0.471. The minimum atomic E-state index is 0.519. The first kappa shape index (κ1) is 14.0. The zero-order valence-electron chi connectivity index (χ0n) is 12.7. The summed E-state index contributed by atoms with van der Waals surface area (Å²) in [7, 11) is 1.69. The monoisotopic (exact) mass is 285 g/mol. The van der Waals surface area contributed by atoms with Crippen LogP contribution in [0.3, 0.4) is 0 Å². The molecule has 0 spiro atoms. The van der Waals surface area contributed by atoms with E-state index in [1.807, 2.05) is 18.2 Å². The van der Waals surface area contributed by atoms with Crippen LogP contribution in [0.4, 0.5) is 5.82 Å². The van der Waals surface area contributed by atoms with Crippen LogP contribution in [0.5, 0.6) is 5.75 Å². The highest BCUT2D eigenvalue weighted by Gasteiger charge is 2.26. The molecule has 0 bridgehead atoms. The van der Waals surface area contributed by atoms with Crippen LogP contribution in [0, 0.1) is 5.92 Å². The van der Waals surface area contributed by atoms with Gasteiger partial charge in [-0.25, -0.2) is 0 Å². The summed E-state index contributed by atoms with van der Waals surface area (Å²) >= 11 is 0. The molecule has 1 aromatic carbocycles. The van der Waals surface area contributed by atoms with Crippen molar-refractivity contribution >= 4 is 5.82 Å². The fourth-order valence-corrected chi connectivity index (χ4v) is 3.35. The second-order valence-electron chi connectivity index (χ2n) is 6.05. The Morgan fingerprint density at radius 1 is 1.19 bits per heavy atom. The Kier molecular flexibility index (Phi) is 3.86. The van der Waals surface area contributed by atoms with Crippen molar-refractivity contribution in [3.8, 4) is 16.9 Å². The van der Waals surface area contributed by atoms with Crippen molar-refractivity contribution in [3.63, 3.8) is 0 Å². The van der Waals surface area contributed by atoms with Gasteiger partial charge in [0.05, 0.1) is 12.7 Å². The number of nitrogens with one attached hydrogen (secondary N) is 1. The van der Waals surface area contributed by atoms with E-state index in [0.29, 0.717) is 11.7 Å². The summed E-state index contributed by atoms with van der Waals surface area (Å²) in [6.45, 7) is 2.33. The second-order valence-corrected chi connectivity index (χ2v) is 6.05. The van der Waals surface area contributed by atoms with E-state index in [9.17, 15) is 0 Å². The number of para-hydroxylation sites is 1. The number of benzene rings is 1. The third-order valence-electron chi connectivity index (χ3n) is 4.62. The molecule has 4 heteroatoms. The van der Waals surface area contributed by atoms with Crippen LogP contribution in [0.2, 0.25) is 0 Å². The lowest BCUT2D eigenvalue weighted by Crippen LogP contribution is -2.12. The minimum Gasteiger partial charge on any atom is -0.496 e. The molecule has 1 aliphatic rings. The third-order valence-corrected chi connectivity index (χ3v) is 4.62. The number of hydrogen-bond acceptors (Lipinski definition) is 3. The normalized spacial score (nSPS) is 22.2. The van der Waals surface area contributed by atoms with E-state index in [1.165, 1.54) is 31.4 Å². The van der Waals surface area contributed by atoms with Crippen molar-refractivity contribution < 1.29 is 4.74 Å². The Morgan fingerprint density at radius 3 is 2.62 bits per heavy atom. The van der Waals surface area contributed by atoms with E-state index in [4.69, 9.17) is 10.5 Å². The predicted octanol–water partition coefficient (Wildman–Crippen LogP) is 3.96. The third kappa shape index (κ3) is 2.62. The standard InChI is InChI=1S/C17H23N3O/c1-11-7-9-12(10-8-11)16-15(17(18)20-19-16)13-5-3-4-6-14(13)21-2/h3-6,11-12H,7-10H2,1-2H3,(H3,18,19,20). The smallest absolute Gasteiger partial charge is 0.153 e. The van der Waals surface area contributed by atoms with Crippen molar-refractivity contribution in [2.75, 3.05) is 12.8 Å². The maximum Gasteiger partial charge on any atom is 0.153 e. The minimum absolute atomic E-state index is 0.519. The van der Waals surface area contributed by atoms with Gasteiger partial charge < -0.3 is 10.5 Å².